The van der Waals surface area contributed by atoms with Crippen LogP contribution in [0.2, 0.25) is 0 Å². The van der Waals surface area contributed by atoms with E-state index in [2.05, 4.69) is 10.6 Å². The molecule has 1 aromatic carbocycles. The molecule has 0 spiro atoms. The van der Waals surface area contributed by atoms with Crippen LogP contribution in [-0.2, 0) is 14.4 Å². The molecule has 3 atom stereocenters. The van der Waals surface area contributed by atoms with Gasteiger partial charge in [0.05, 0.1) is 5.92 Å². The van der Waals surface area contributed by atoms with Gasteiger partial charge in [0.15, 0.2) is 0 Å². The Hall–Kier alpha value is -2.06. The molecular formula is C21H33N3O4S. The van der Waals surface area contributed by atoms with Gasteiger partial charge in [0.1, 0.15) is 11.3 Å². The van der Waals surface area contributed by atoms with Crippen molar-refractivity contribution in [2.75, 3.05) is 7.05 Å². The Kier molecular flexibility index (Phi) is 9.65. The highest BCUT2D eigenvalue weighted by atomic mass is 32.2. The van der Waals surface area contributed by atoms with Crippen molar-refractivity contribution in [2.24, 2.45) is 17.3 Å². The molecule has 0 bridgehead atoms. The quantitative estimate of drug-likeness (QED) is 0.277. The van der Waals surface area contributed by atoms with Crippen LogP contribution in [-0.4, -0.2) is 41.3 Å². The lowest BCUT2D eigenvalue weighted by Gasteiger charge is -2.33. The molecule has 1 rings (SSSR count). The monoisotopic (exact) mass is 423 g/mol. The lowest BCUT2D eigenvalue weighted by molar-refractivity contribution is -0.137. The van der Waals surface area contributed by atoms with Gasteiger partial charge >= 0.3 is 0 Å². The van der Waals surface area contributed by atoms with Gasteiger partial charge in [-0.2, -0.15) is 0 Å². The highest BCUT2D eigenvalue weighted by Crippen LogP contribution is 2.32. The molecule has 8 heteroatoms. The highest BCUT2D eigenvalue weighted by Gasteiger charge is 2.39. The van der Waals surface area contributed by atoms with Crippen molar-refractivity contribution in [3.8, 4) is 0 Å². The molecule has 0 aromatic heterocycles. The minimum atomic E-state index is -0.852. The molecule has 29 heavy (non-hydrogen) atoms. The number of nitrogens with one attached hydrogen (secondary N) is 3. The van der Waals surface area contributed by atoms with Crippen LogP contribution < -0.4 is 16.1 Å². The molecule has 0 aliphatic rings. The van der Waals surface area contributed by atoms with E-state index in [1.165, 1.54) is 18.8 Å². The van der Waals surface area contributed by atoms with Crippen LogP contribution in [0.5, 0.6) is 0 Å². The Morgan fingerprint density at radius 2 is 1.62 bits per heavy atom. The van der Waals surface area contributed by atoms with E-state index in [0.717, 1.165) is 4.90 Å². The van der Waals surface area contributed by atoms with E-state index < -0.39 is 28.5 Å². The SMILES string of the molecule is CNC(=O)[C@@H](NC(=O)[C@H](CC(C)C)[C@@H](Sc1ccccc1)C(=O)NO)C(C)(C)C. The van der Waals surface area contributed by atoms with E-state index in [1.54, 1.807) is 5.48 Å². The molecule has 4 N–H and O–H groups in total. The van der Waals surface area contributed by atoms with E-state index in [9.17, 15) is 19.6 Å². The van der Waals surface area contributed by atoms with Gasteiger partial charge in [-0.05, 0) is 29.9 Å². The smallest absolute Gasteiger partial charge is 0.257 e. The van der Waals surface area contributed by atoms with E-state index in [0.29, 0.717) is 6.42 Å². The minimum absolute atomic E-state index is 0.129. The second-order valence-electron chi connectivity index (χ2n) is 8.49. The molecule has 0 radical (unpaired) electrons. The average molecular weight is 424 g/mol. The van der Waals surface area contributed by atoms with Gasteiger partial charge in [-0.1, -0.05) is 52.8 Å². The first kappa shape index (κ1) is 25.0. The summed E-state index contributed by atoms with van der Waals surface area (Å²) in [5.41, 5.74) is 1.18. The van der Waals surface area contributed by atoms with Crippen LogP contribution in [0.3, 0.4) is 0 Å². The first-order valence-electron chi connectivity index (χ1n) is 9.68. The third-order valence-electron chi connectivity index (χ3n) is 4.46. The van der Waals surface area contributed by atoms with Gasteiger partial charge in [0, 0.05) is 11.9 Å². The van der Waals surface area contributed by atoms with Crippen LogP contribution in [0, 0.1) is 17.3 Å². The van der Waals surface area contributed by atoms with Gasteiger partial charge in [-0.25, -0.2) is 5.48 Å². The summed E-state index contributed by atoms with van der Waals surface area (Å²) in [6.07, 6.45) is 0.425. The molecule has 162 valence electrons. The number of carbonyl (C=O) groups is 3. The second kappa shape index (κ2) is 11.2. The molecule has 0 fully saturated rings. The largest absolute Gasteiger partial charge is 0.357 e. The van der Waals surface area contributed by atoms with Crippen molar-refractivity contribution in [1.82, 2.24) is 16.1 Å². The van der Waals surface area contributed by atoms with Gasteiger partial charge in [0.25, 0.3) is 5.91 Å². The summed E-state index contributed by atoms with van der Waals surface area (Å²) in [5.74, 6) is -1.94. The number of rotatable bonds is 9. The number of benzene rings is 1. The van der Waals surface area contributed by atoms with Crippen molar-refractivity contribution >= 4 is 29.5 Å². The van der Waals surface area contributed by atoms with Crippen LogP contribution in [0.25, 0.3) is 0 Å². The summed E-state index contributed by atoms with van der Waals surface area (Å²) in [5, 5.41) is 13.8. The number of hydrogen-bond donors (Lipinski definition) is 4. The number of hydroxylamine groups is 1. The zero-order chi connectivity index (χ0) is 22.2. The van der Waals surface area contributed by atoms with Crippen molar-refractivity contribution in [2.45, 2.75) is 57.2 Å². The Morgan fingerprint density at radius 1 is 1.03 bits per heavy atom. The zero-order valence-electron chi connectivity index (χ0n) is 18.0. The maximum absolute atomic E-state index is 13.2. The lowest BCUT2D eigenvalue weighted by atomic mass is 9.85. The fourth-order valence-corrected chi connectivity index (χ4v) is 4.14. The first-order valence-corrected chi connectivity index (χ1v) is 10.6. The predicted molar refractivity (Wildman–Crippen MR) is 114 cm³/mol. The lowest BCUT2D eigenvalue weighted by Crippen LogP contribution is -2.56. The topological polar surface area (TPSA) is 108 Å². The molecule has 0 aliphatic carbocycles. The fraction of sp³-hybridized carbons (Fsp3) is 0.571. The number of likely N-dealkylation sites (N-methyl/N-ethyl adjacent to an activating group) is 1. The number of hydrogen-bond acceptors (Lipinski definition) is 5. The average Bonchev–Trinajstić information content (AvgIpc) is 2.67. The zero-order valence-corrected chi connectivity index (χ0v) is 18.8. The third kappa shape index (κ3) is 7.70. The Balaban J connectivity index is 3.22. The number of amides is 3. The Morgan fingerprint density at radius 3 is 2.07 bits per heavy atom. The first-order chi connectivity index (χ1) is 13.5. The molecule has 0 heterocycles. The van der Waals surface area contributed by atoms with E-state index >= 15 is 0 Å². The van der Waals surface area contributed by atoms with E-state index in [1.807, 2.05) is 65.0 Å². The number of carbonyl (C=O) groups excluding carboxylic acids is 3. The molecule has 0 saturated heterocycles. The van der Waals surface area contributed by atoms with E-state index in [4.69, 9.17) is 0 Å². The van der Waals surface area contributed by atoms with Crippen molar-refractivity contribution < 1.29 is 19.6 Å². The van der Waals surface area contributed by atoms with Crippen LogP contribution >= 0.6 is 11.8 Å². The normalized spacial score (nSPS) is 14.6. The van der Waals surface area contributed by atoms with Gasteiger partial charge in [-0.3, -0.25) is 19.6 Å². The maximum Gasteiger partial charge on any atom is 0.257 e. The predicted octanol–water partition coefficient (Wildman–Crippen LogP) is 2.59. The third-order valence-corrected chi connectivity index (χ3v) is 5.80. The Labute approximate surface area is 177 Å². The maximum atomic E-state index is 13.2. The summed E-state index contributed by atoms with van der Waals surface area (Å²) in [6.45, 7) is 9.51. The summed E-state index contributed by atoms with van der Waals surface area (Å²) >= 11 is 1.22. The molecular weight excluding hydrogens is 390 g/mol. The summed E-state index contributed by atoms with van der Waals surface area (Å²) < 4.78 is 0. The van der Waals surface area contributed by atoms with Crippen molar-refractivity contribution in [3.05, 3.63) is 30.3 Å². The van der Waals surface area contributed by atoms with Crippen molar-refractivity contribution in [3.63, 3.8) is 0 Å². The molecule has 1 aromatic rings. The van der Waals surface area contributed by atoms with Gasteiger partial charge in [-0.15, -0.1) is 11.8 Å². The van der Waals surface area contributed by atoms with Gasteiger partial charge < -0.3 is 10.6 Å². The van der Waals surface area contributed by atoms with Gasteiger partial charge in [0.2, 0.25) is 11.8 Å². The highest BCUT2D eigenvalue weighted by molar-refractivity contribution is 8.00. The van der Waals surface area contributed by atoms with Crippen LogP contribution in [0.1, 0.15) is 41.0 Å². The standard InChI is InChI=1S/C21H33N3O4S/c1-13(2)12-15(18(25)23-17(20(27)22-6)21(3,4)5)16(19(26)24-28)29-14-10-8-7-9-11-14/h7-11,13,15-17,28H,12H2,1-6H3,(H,22,27)(H,23,25)(H,24,26)/t15-,16-,17-/m1/s1. The molecule has 3 amide bonds. The summed E-state index contributed by atoms with van der Waals surface area (Å²) in [6, 6.07) is 8.48. The second-order valence-corrected chi connectivity index (χ2v) is 9.70. The fourth-order valence-electron chi connectivity index (χ4n) is 2.97. The summed E-state index contributed by atoms with van der Waals surface area (Å²) in [4.78, 5) is 38.9. The molecule has 7 nitrogen and oxygen atoms in total. The van der Waals surface area contributed by atoms with Crippen molar-refractivity contribution in [1.29, 1.82) is 0 Å². The minimum Gasteiger partial charge on any atom is -0.357 e. The number of thioether (sulfide) groups is 1. The molecule has 0 unspecified atom stereocenters. The van der Waals surface area contributed by atoms with Crippen LogP contribution in [0.4, 0.5) is 0 Å². The van der Waals surface area contributed by atoms with E-state index in [-0.39, 0.29) is 17.7 Å². The Bertz CT molecular complexity index is 689. The molecule has 0 aliphatic heterocycles. The molecule has 0 saturated carbocycles. The summed E-state index contributed by atoms with van der Waals surface area (Å²) in [7, 11) is 1.52. The van der Waals surface area contributed by atoms with Crippen LogP contribution in [0.15, 0.2) is 35.2 Å².